The van der Waals surface area contributed by atoms with Gasteiger partial charge in [-0.2, -0.15) is 0 Å². The molecular formula is C18H18N2O4S. The lowest BCUT2D eigenvalue weighted by Crippen LogP contribution is -2.14. The molecule has 0 unspecified atom stereocenters. The number of rotatable bonds is 6. The predicted molar refractivity (Wildman–Crippen MR) is 98.1 cm³/mol. The summed E-state index contributed by atoms with van der Waals surface area (Å²) in [5.41, 5.74) is 1.57. The summed E-state index contributed by atoms with van der Waals surface area (Å²) in [6.07, 6.45) is 0.166. The van der Waals surface area contributed by atoms with Crippen molar-refractivity contribution in [1.82, 2.24) is 4.98 Å². The van der Waals surface area contributed by atoms with Crippen LogP contribution in [0.2, 0.25) is 0 Å². The van der Waals surface area contributed by atoms with Crippen molar-refractivity contribution in [3.63, 3.8) is 0 Å². The molecule has 6 nitrogen and oxygen atoms in total. The number of aromatic nitrogens is 1. The highest BCUT2D eigenvalue weighted by Crippen LogP contribution is 2.30. The lowest BCUT2D eigenvalue weighted by Gasteiger charge is -2.10. The standard InChI is InChI=1S/C18H18N2O4S/c1-22-12-5-7-15(24-3)11(8-12)9-17(21)20-18-19-14-6-4-13(23-2)10-16(14)25-18/h4-8,10H,9H2,1-3H3,(H,19,20,21). The summed E-state index contributed by atoms with van der Waals surface area (Å²) in [5.74, 6) is 1.91. The first-order valence-electron chi connectivity index (χ1n) is 7.58. The van der Waals surface area contributed by atoms with E-state index in [1.54, 1.807) is 39.5 Å². The Kier molecular flexibility index (Phi) is 5.04. The van der Waals surface area contributed by atoms with Gasteiger partial charge in [-0.05, 0) is 36.4 Å². The van der Waals surface area contributed by atoms with Gasteiger partial charge in [0, 0.05) is 5.56 Å². The van der Waals surface area contributed by atoms with Crippen LogP contribution in [0.1, 0.15) is 5.56 Å². The molecule has 0 bridgehead atoms. The molecule has 1 aromatic heterocycles. The van der Waals surface area contributed by atoms with Crippen molar-refractivity contribution in [3.8, 4) is 17.2 Å². The number of hydrogen-bond acceptors (Lipinski definition) is 6. The molecule has 0 aliphatic rings. The molecule has 1 N–H and O–H groups in total. The maximum absolute atomic E-state index is 12.4. The molecule has 0 saturated heterocycles. The number of nitrogens with one attached hydrogen (secondary N) is 1. The number of nitrogens with zero attached hydrogens (tertiary/aromatic N) is 1. The van der Waals surface area contributed by atoms with Gasteiger partial charge < -0.3 is 19.5 Å². The second-order valence-electron chi connectivity index (χ2n) is 5.26. The molecule has 0 fully saturated rings. The predicted octanol–water partition coefficient (Wildman–Crippen LogP) is 3.50. The van der Waals surface area contributed by atoms with Gasteiger partial charge >= 0.3 is 0 Å². The Morgan fingerprint density at radius 1 is 1.04 bits per heavy atom. The molecular weight excluding hydrogens is 340 g/mol. The summed E-state index contributed by atoms with van der Waals surface area (Å²) in [5, 5.41) is 3.39. The van der Waals surface area contributed by atoms with Crippen LogP contribution in [0.3, 0.4) is 0 Å². The molecule has 0 saturated carbocycles. The number of thiazole rings is 1. The molecule has 0 radical (unpaired) electrons. The molecule has 1 amide bonds. The minimum Gasteiger partial charge on any atom is -0.497 e. The van der Waals surface area contributed by atoms with Gasteiger partial charge in [-0.25, -0.2) is 4.98 Å². The fourth-order valence-corrected chi connectivity index (χ4v) is 3.35. The van der Waals surface area contributed by atoms with E-state index < -0.39 is 0 Å². The van der Waals surface area contributed by atoms with Gasteiger partial charge in [0.25, 0.3) is 0 Å². The summed E-state index contributed by atoms with van der Waals surface area (Å²) in [6.45, 7) is 0. The SMILES string of the molecule is COc1ccc(OC)c(CC(=O)Nc2nc3ccc(OC)cc3s2)c1. The van der Waals surface area contributed by atoms with E-state index in [1.165, 1.54) is 11.3 Å². The first-order valence-corrected chi connectivity index (χ1v) is 8.40. The number of amides is 1. The fraction of sp³-hybridized carbons (Fsp3) is 0.222. The molecule has 2 aromatic carbocycles. The molecule has 0 atom stereocenters. The lowest BCUT2D eigenvalue weighted by molar-refractivity contribution is -0.115. The third-order valence-corrected chi connectivity index (χ3v) is 4.61. The van der Waals surface area contributed by atoms with E-state index in [-0.39, 0.29) is 12.3 Å². The third-order valence-electron chi connectivity index (χ3n) is 3.68. The van der Waals surface area contributed by atoms with Crippen LogP contribution in [0.5, 0.6) is 17.2 Å². The van der Waals surface area contributed by atoms with Crippen molar-refractivity contribution in [1.29, 1.82) is 0 Å². The van der Waals surface area contributed by atoms with Crippen molar-refractivity contribution >= 4 is 32.6 Å². The molecule has 25 heavy (non-hydrogen) atoms. The maximum atomic E-state index is 12.4. The molecule has 0 spiro atoms. The second-order valence-corrected chi connectivity index (χ2v) is 6.29. The summed E-state index contributed by atoms with van der Waals surface area (Å²) < 4.78 is 16.7. The average Bonchev–Trinajstić information content (AvgIpc) is 3.02. The van der Waals surface area contributed by atoms with Gasteiger partial charge in [-0.15, -0.1) is 0 Å². The number of carbonyl (C=O) groups is 1. The molecule has 7 heteroatoms. The van der Waals surface area contributed by atoms with E-state index >= 15 is 0 Å². The number of methoxy groups -OCH3 is 3. The Morgan fingerprint density at radius 2 is 1.76 bits per heavy atom. The summed E-state index contributed by atoms with van der Waals surface area (Å²) >= 11 is 1.40. The largest absolute Gasteiger partial charge is 0.497 e. The first-order chi connectivity index (χ1) is 12.1. The normalized spacial score (nSPS) is 10.5. The molecule has 130 valence electrons. The van der Waals surface area contributed by atoms with Crippen LogP contribution in [0.25, 0.3) is 10.2 Å². The molecule has 0 aliphatic heterocycles. The smallest absolute Gasteiger partial charge is 0.230 e. The van der Waals surface area contributed by atoms with E-state index in [1.807, 2.05) is 18.2 Å². The van der Waals surface area contributed by atoms with Crippen LogP contribution in [0.4, 0.5) is 5.13 Å². The third kappa shape index (κ3) is 3.83. The van der Waals surface area contributed by atoms with E-state index in [9.17, 15) is 4.79 Å². The van der Waals surface area contributed by atoms with Crippen molar-refractivity contribution in [2.75, 3.05) is 26.6 Å². The van der Waals surface area contributed by atoms with Crippen molar-refractivity contribution in [2.24, 2.45) is 0 Å². The molecule has 1 heterocycles. The van der Waals surface area contributed by atoms with Crippen LogP contribution in [-0.2, 0) is 11.2 Å². The quantitative estimate of drug-likeness (QED) is 0.730. The van der Waals surface area contributed by atoms with Crippen LogP contribution >= 0.6 is 11.3 Å². The van der Waals surface area contributed by atoms with Crippen LogP contribution in [0, 0.1) is 0 Å². The zero-order valence-electron chi connectivity index (χ0n) is 14.2. The van der Waals surface area contributed by atoms with Gasteiger partial charge in [0.1, 0.15) is 17.2 Å². The maximum Gasteiger partial charge on any atom is 0.230 e. The van der Waals surface area contributed by atoms with E-state index in [4.69, 9.17) is 14.2 Å². The van der Waals surface area contributed by atoms with Gasteiger partial charge in [-0.3, -0.25) is 4.79 Å². The van der Waals surface area contributed by atoms with Crippen molar-refractivity contribution < 1.29 is 19.0 Å². The Morgan fingerprint density at radius 3 is 2.48 bits per heavy atom. The van der Waals surface area contributed by atoms with Gasteiger partial charge in [0.2, 0.25) is 5.91 Å². The topological polar surface area (TPSA) is 69.7 Å². The number of carbonyl (C=O) groups excluding carboxylic acids is 1. The number of fused-ring (bicyclic) bond motifs is 1. The van der Waals surface area contributed by atoms with Crippen molar-refractivity contribution in [2.45, 2.75) is 6.42 Å². The highest BCUT2D eigenvalue weighted by atomic mass is 32.1. The first kappa shape index (κ1) is 17.0. The molecule has 3 rings (SSSR count). The molecule has 0 aliphatic carbocycles. The van der Waals surface area contributed by atoms with E-state index in [0.717, 1.165) is 21.5 Å². The molecule has 3 aromatic rings. The zero-order chi connectivity index (χ0) is 17.8. The summed E-state index contributed by atoms with van der Waals surface area (Å²) in [6, 6.07) is 11.0. The van der Waals surface area contributed by atoms with Crippen LogP contribution in [0.15, 0.2) is 36.4 Å². The summed E-state index contributed by atoms with van der Waals surface area (Å²) in [4.78, 5) is 16.8. The lowest BCUT2D eigenvalue weighted by atomic mass is 10.1. The average molecular weight is 358 g/mol. The summed E-state index contributed by atoms with van der Waals surface area (Å²) in [7, 11) is 4.78. The Bertz CT molecular complexity index is 907. The number of hydrogen-bond donors (Lipinski definition) is 1. The second kappa shape index (κ2) is 7.40. The minimum atomic E-state index is -0.169. The number of ether oxygens (including phenoxy) is 3. The number of anilines is 1. The Balaban J connectivity index is 1.76. The fourth-order valence-electron chi connectivity index (χ4n) is 2.44. The Hall–Kier alpha value is -2.80. The van der Waals surface area contributed by atoms with Gasteiger partial charge in [0.15, 0.2) is 5.13 Å². The minimum absolute atomic E-state index is 0.166. The number of benzene rings is 2. The van der Waals surface area contributed by atoms with Gasteiger partial charge in [0.05, 0.1) is 38.0 Å². The zero-order valence-corrected chi connectivity index (χ0v) is 15.0. The van der Waals surface area contributed by atoms with Gasteiger partial charge in [-0.1, -0.05) is 11.3 Å². The van der Waals surface area contributed by atoms with E-state index in [2.05, 4.69) is 10.3 Å². The van der Waals surface area contributed by atoms with Crippen molar-refractivity contribution in [3.05, 3.63) is 42.0 Å². The highest BCUT2D eigenvalue weighted by Gasteiger charge is 2.13. The van der Waals surface area contributed by atoms with Crippen LogP contribution < -0.4 is 19.5 Å². The van der Waals surface area contributed by atoms with Crippen LogP contribution in [-0.4, -0.2) is 32.2 Å². The monoisotopic (exact) mass is 358 g/mol. The van der Waals surface area contributed by atoms with E-state index in [0.29, 0.717) is 16.6 Å². The Labute approximate surface area is 149 Å². The highest BCUT2D eigenvalue weighted by molar-refractivity contribution is 7.22.